The number of hydrogen-bond donors (Lipinski definition) is 3. The summed E-state index contributed by atoms with van der Waals surface area (Å²) in [6.07, 6.45) is 1.23. The van der Waals surface area contributed by atoms with E-state index in [0.29, 0.717) is 16.3 Å². The molecule has 0 aliphatic rings. The van der Waals surface area contributed by atoms with Gasteiger partial charge in [0.25, 0.3) is 5.91 Å². The second-order valence-corrected chi connectivity index (χ2v) is 7.86. The lowest BCUT2D eigenvalue weighted by atomic mass is 10.2. The first-order valence-corrected chi connectivity index (χ1v) is 11.0. The van der Waals surface area contributed by atoms with Crippen molar-refractivity contribution in [2.45, 2.75) is 0 Å². The standard InChI is InChI=1S/C24H19Cl2FN4O5/c1-35-20-10-14(12-28-31-24(34)23(33)29-16-6-4-5-15(25)11-16)9-17(26)22(20)36-13-21(32)30-19-8-3-2-7-18(19)27/h2-12H,13H2,1H3,(H,29,33)(H,30,32)(H,31,34)/b28-12-. The summed E-state index contributed by atoms with van der Waals surface area (Å²) in [5, 5.41) is 8.99. The van der Waals surface area contributed by atoms with E-state index in [1.54, 1.807) is 24.3 Å². The summed E-state index contributed by atoms with van der Waals surface area (Å²) < 4.78 is 24.4. The van der Waals surface area contributed by atoms with Crippen molar-refractivity contribution in [1.29, 1.82) is 0 Å². The number of halogens is 3. The Kier molecular flexibility index (Phi) is 9.20. The van der Waals surface area contributed by atoms with Crippen molar-refractivity contribution in [1.82, 2.24) is 5.43 Å². The first-order chi connectivity index (χ1) is 17.3. The zero-order chi connectivity index (χ0) is 26.1. The van der Waals surface area contributed by atoms with Crippen molar-refractivity contribution in [2.75, 3.05) is 24.4 Å². The van der Waals surface area contributed by atoms with Gasteiger partial charge in [-0.15, -0.1) is 0 Å². The van der Waals surface area contributed by atoms with Gasteiger partial charge in [0.1, 0.15) is 5.82 Å². The van der Waals surface area contributed by atoms with Crippen molar-refractivity contribution in [2.24, 2.45) is 5.10 Å². The summed E-state index contributed by atoms with van der Waals surface area (Å²) in [5.74, 6) is -2.90. The van der Waals surface area contributed by atoms with Crippen molar-refractivity contribution in [3.8, 4) is 11.5 Å². The molecule has 12 heteroatoms. The summed E-state index contributed by atoms with van der Waals surface area (Å²) in [5.41, 5.74) is 2.85. The topological polar surface area (TPSA) is 118 Å². The second kappa shape index (κ2) is 12.5. The molecule has 0 radical (unpaired) electrons. The first kappa shape index (κ1) is 26.5. The highest BCUT2D eigenvalue weighted by molar-refractivity contribution is 6.39. The van der Waals surface area contributed by atoms with Gasteiger partial charge in [0, 0.05) is 10.7 Å². The lowest BCUT2D eigenvalue weighted by Gasteiger charge is -2.13. The number of rotatable bonds is 8. The average molecular weight is 533 g/mol. The van der Waals surface area contributed by atoms with Crippen molar-refractivity contribution >= 4 is 58.5 Å². The molecule has 0 saturated carbocycles. The van der Waals surface area contributed by atoms with E-state index >= 15 is 0 Å². The van der Waals surface area contributed by atoms with E-state index < -0.39 is 30.1 Å². The van der Waals surface area contributed by atoms with Crippen LogP contribution in [0.3, 0.4) is 0 Å². The van der Waals surface area contributed by atoms with E-state index in [1.807, 2.05) is 0 Å². The predicted molar refractivity (Wildman–Crippen MR) is 134 cm³/mol. The molecule has 186 valence electrons. The Hall–Kier alpha value is -4.15. The molecule has 0 aliphatic carbocycles. The number of hydrazone groups is 1. The molecule has 0 spiro atoms. The van der Waals surface area contributed by atoms with E-state index in [4.69, 9.17) is 32.7 Å². The molecular formula is C24H19Cl2FN4O5. The highest BCUT2D eigenvalue weighted by atomic mass is 35.5. The monoisotopic (exact) mass is 532 g/mol. The minimum atomic E-state index is -1.01. The minimum Gasteiger partial charge on any atom is -0.493 e. The molecule has 0 saturated heterocycles. The number of anilines is 2. The Morgan fingerprint density at radius 3 is 2.50 bits per heavy atom. The number of amides is 3. The van der Waals surface area contributed by atoms with Gasteiger partial charge in [0.15, 0.2) is 18.1 Å². The van der Waals surface area contributed by atoms with E-state index in [0.717, 1.165) is 0 Å². The van der Waals surface area contributed by atoms with Gasteiger partial charge < -0.3 is 20.1 Å². The Morgan fingerprint density at radius 1 is 1.00 bits per heavy atom. The quantitative estimate of drug-likeness (QED) is 0.227. The third-order valence-electron chi connectivity index (χ3n) is 4.42. The maximum atomic E-state index is 13.7. The van der Waals surface area contributed by atoms with Crippen LogP contribution in [0, 0.1) is 5.82 Å². The van der Waals surface area contributed by atoms with Gasteiger partial charge >= 0.3 is 11.8 Å². The summed E-state index contributed by atoms with van der Waals surface area (Å²) in [7, 11) is 1.36. The van der Waals surface area contributed by atoms with Crippen LogP contribution in [-0.2, 0) is 14.4 Å². The van der Waals surface area contributed by atoms with Crippen molar-refractivity contribution in [3.63, 3.8) is 0 Å². The number of hydrogen-bond acceptors (Lipinski definition) is 6. The second-order valence-electron chi connectivity index (χ2n) is 7.01. The number of para-hydroxylation sites is 1. The summed E-state index contributed by atoms with van der Waals surface area (Å²) in [4.78, 5) is 36.1. The van der Waals surface area contributed by atoms with Gasteiger partial charge in [-0.3, -0.25) is 14.4 Å². The number of carbonyl (C=O) groups excluding carboxylic acids is 3. The number of nitrogens with zero attached hydrogens (tertiary/aromatic N) is 1. The summed E-state index contributed by atoms with van der Waals surface area (Å²) in [6, 6.07) is 14.9. The number of nitrogens with one attached hydrogen (secondary N) is 3. The molecule has 3 rings (SSSR count). The van der Waals surface area contributed by atoms with Gasteiger partial charge in [-0.1, -0.05) is 41.4 Å². The molecule has 3 aromatic rings. The van der Waals surface area contributed by atoms with Crippen molar-refractivity contribution in [3.05, 3.63) is 82.1 Å². The zero-order valence-corrected chi connectivity index (χ0v) is 20.2. The van der Waals surface area contributed by atoms with E-state index in [9.17, 15) is 18.8 Å². The van der Waals surface area contributed by atoms with Gasteiger partial charge in [0.2, 0.25) is 0 Å². The molecule has 0 fully saturated rings. The van der Waals surface area contributed by atoms with Gasteiger partial charge in [0.05, 0.1) is 24.0 Å². The van der Waals surface area contributed by atoms with Crippen molar-refractivity contribution < 1.29 is 28.2 Å². The molecule has 36 heavy (non-hydrogen) atoms. The van der Waals surface area contributed by atoms with Crippen LogP contribution in [0.4, 0.5) is 15.8 Å². The number of ether oxygens (including phenoxy) is 2. The molecule has 9 nitrogen and oxygen atoms in total. The Morgan fingerprint density at radius 2 is 1.78 bits per heavy atom. The van der Waals surface area contributed by atoms with E-state index in [-0.39, 0.29) is 22.2 Å². The molecule has 0 bridgehead atoms. The fraction of sp³-hybridized carbons (Fsp3) is 0.0833. The number of methoxy groups -OCH3 is 1. The fourth-order valence-corrected chi connectivity index (χ4v) is 3.28. The van der Waals surface area contributed by atoms with Crippen LogP contribution >= 0.6 is 23.2 Å². The summed E-state index contributed by atoms with van der Waals surface area (Å²) in [6.45, 7) is -0.463. The lowest BCUT2D eigenvalue weighted by Crippen LogP contribution is -2.32. The largest absolute Gasteiger partial charge is 0.493 e. The molecule has 0 aromatic heterocycles. The maximum Gasteiger partial charge on any atom is 0.329 e. The fourth-order valence-electron chi connectivity index (χ4n) is 2.81. The van der Waals surface area contributed by atoms with E-state index in [1.165, 1.54) is 49.7 Å². The van der Waals surface area contributed by atoms with Crippen LogP contribution in [0.1, 0.15) is 5.56 Å². The highest BCUT2D eigenvalue weighted by Gasteiger charge is 2.15. The lowest BCUT2D eigenvalue weighted by molar-refractivity contribution is -0.136. The third kappa shape index (κ3) is 7.42. The van der Waals surface area contributed by atoms with Crippen LogP contribution in [-0.4, -0.2) is 37.7 Å². The maximum absolute atomic E-state index is 13.7. The Balaban J connectivity index is 1.59. The van der Waals surface area contributed by atoms with Crippen LogP contribution in [0.15, 0.2) is 65.8 Å². The smallest absolute Gasteiger partial charge is 0.329 e. The van der Waals surface area contributed by atoms with Crippen LogP contribution in [0.2, 0.25) is 10.0 Å². The van der Waals surface area contributed by atoms with Crippen LogP contribution < -0.4 is 25.5 Å². The van der Waals surface area contributed by atoms with Gasteiger partial charge in [-0.25, -0.2) is 9.82 Å². The van der Waals surface area contributed by atoms with Gasteiger partial charge in [-0.2, -0.15) is 5.10 Å². The van der Waals surface area contributed by atoms with Crippen LogP contribution in [0.5, 0.6) is 11.5 Å². The Labute approximate surface area is 215 Å². The van der Waals surface area contributed by atoms with E-state index in [2.05, 4.69) is 21.2 Å². The SMILES string of the molecule is COc1cc(/C=N\NC(=O)C(=O)Nc2cccc(Cl)c2)cc(Cl)c1OCC(=O)Nc1ccccc1F. The molecule has 0 unspecified atom stereocenters. The average Bonchev–Trinajstić information content (AvgIpc) is 2.84. The predicted octanol–water partition coefficient (Wildman–Crippen LogP) is 4.25. The molecule has 3 aromatic carbocycles. The third-order valence-corrected chi connectivity index (χ3v) is 4.93. The molecule has 3 N–H and O–H groups in total. The summed E-state index contributed by atoms with van der Waals surface area (Å²) >= 11 is 12.1. The molecular weight excluding hydrogens is 514 g/mol. The minimum absolute atomic E-state index is 0.0130. The van der Waals surface area contributed by atoms with Crippen LogP contribution in [0.25, 0.3) is 0 Å². The highest BCUT2D eigenvalue weighted by Crippen LogP contribution is 2.36. The number of benzene rings is 3. The Bertz CT molecular complexity index is 1320. The zero-order valence-electron chi connectivity index (χ0n) is 18.7. The number of carbonyl (C=O) groups is 3. The first-order valence-electron chi connectivity index (χ1n) is 10.2. The van der Waals surface area contributed by atoms with Gasteiger partial charge in [-0.05, 0) is 48.0 Å². The molecule has 3 amide bonds. The normalized spacial score (nSPS) is 10.6. The molecule has 0 atom stereocenters. The molecule has 0 aliphatic heterocycles. The molecule has 0 heterocycles.